The molecule has 0 spiro atoms. The molecule has 0 aliphatic carbocycles. The molecule has 0 aromatic heterocycles. The minimum absolute atomic E-state index is 0.0571. The second kappa shape index (κ2) is 6.06. The fraction of sp³-hybridized carbons (Fsp3) is 0.533. The van der Waals surface area contributed by atoms with E-state index >= 15 is 0 Å². The van der Waals surface area contributed by atoms with Gasteiger partial charge in [0.15, 0.2) is 0 Å². The summed E-state index contributed by atoms with van der Waals surface area (Å²) in [6, 6.07) is 6.06. The summed E-state index contributed by atoms with van der Waals surface area (Å²) in [5.41, 5.74) is 8.28. The van der Waals surface area contributed by atoms with Gasteiger partial charge in [0.2, 0.25) is 5.91 Å². The predicted octanol–water partition coefficient (Wildman–Crippen LogP) is 2.39. The Morgan fingerprint density at radius 1 is 1.47 bits per heavy atom. The van der Waals surface area contributed by atoms with Crippen molar-refractivity contribution in [3.05, 3.63) is 23.8 Å². The van der Waals surface area contributed by atoms with Gasteiger partial charge in [0, 0.05) is 17.4 Å². The highest BCUT2D eigenvalue weighted by atomic mass is 16.2. The number of aryl methyl sites for hydroxylation is 1. The van der Waals surface area contributed by atoms with Crippen LogP contribution in [-0.2, 0) is 4.79 Å². The van der Waals surface area contributed by atoms with Gasteiger partial charge in [-0.1, -0.05) is 6.42 Å². The molecule has 1 aromatic carbocycles. The van der Waals surface area contributed by atoms with E-state index in [-0.39, 0.29) is 5.91 Å². The van der Waals surface area contributed by atoms with E-state index in [1.807, 2.05) is 25.1 Å². The number of hydrogen-bond donors (Lipinski definition) is 2. The van der Waals surface area contributed by atoms with E-state index < -0.39 is 0 Å². The smallest absolute Gasteiger partial charge is 0.238 e. The maximum atomic E-state index is 12.1. The van der Waals surface area contributed by atoms with Crippen LogP contribution in [0.25, 0.3) is 0 Å². The van der Waals surface area contributed by atoms with Gasteiger partial charge in [-0.05, 0) is 57.0 Å². The largest absolute Gasteiger partial charge is 0.399 e. The topological polar surface area (TPSA) is 58.4 Å². The molecule has 1 saturated heterocycles. The molecule has 4 heteroatoms. The Balaban J connectivity index is 1.93. The molecule has 4 nitrogen and oxygen atoms in total. The Morgan fingerprint density at radius 2 is 2.26 bits per heavy atom. The number of likely N-dealkylation sites (tertiary alicyclic amines) is 1. The lowest BCUT2D eigenvalue weighted by Gasteiger charge is -2.32. The minimum atomic E-state index is 0.0571. The average Bonchev–Trinajstić information content (AvgIpc) is 2.36. The summed E-state index contributed by atoms with van der Waals surface area (Å²) in [5, 5.41) is 2.97. The maximum Gasteiger partial charge on any atom is 0.238 e. The number of benzene rings is 1. The molecule has 104 valence electrons. The molecule has 0 unspecified atom stereocenters. The number of hydrogen-bond acceptors (Lipinski definition) is 3. The van der Waals surface area contributed by atoms with Crippen LogP contribution < -0.4 is 11.1 Å². The number of nitrogens with zero attached hydrogens (tertiary/aromatic N) is 1. The molecule has 19 heavy (non-hydrogen) atoms. The van der Waals surface area contributed by atoms with E-state index in [4.69, 9.17) is 5.73 Å². The van der Waals surface area contributed by atoms with Crippen LogP contribution in [0.2, 0.25) is 0 Å². The van der Waals surface area contributed by atoms with Crippen molar-refractivity contribution in [1.29, 1.82) is 0 Å². The first-order chi connectivity index (χ1) is 9.06. The van der Waals surface area contributed by atoms with Gasteiger partial charge < -0.3 is 11.1 Å². The normalized spacial score (nSPS) is 20.2. The van der Waals surface area contributed by atoms with E-state index in [0.29, 0.717) is 12.6 Å². The highest BCUT2D eigenvalue weighted by Crippen LogP contribution is 2.19. The van der Waals surface area contributed by atoms with Gasteiger partial charge >= 0.3 is 0 Å². The summed E-state index contributed by atoms with van der Waals surface area (Å²) in [4.78, 5) is 14.3. The van der Waals surface area contributed by atoms with E-state index in [1.165, 1.54) is 19.3 Å². The third kappa shape index (κ3) is 3.70. The third-order valence-electron chi connectivity index (χ3n) is 3.81. The average molecular weight is 261 g/mol. The Bertz CT molecular complexity index is 459. The van der Waals surface area contributed by atoms with Gasteiger partial charge in [-0.15, -0.1) is 0 Å². The third-order valence-corrected chi connectivity index (χ3v) is 3.81. The van der Waals surface area contributed by atoms with Gasteiger partial charge in [0.05, 0.1) is 6.54 Å². The van der Waals surface area contributed by atoms with Crippen LogP contribution in [-0.4, -0.2) is 29.9 Å². The lowest BCUT2D eigenvalue weighted by Crippen LogP contribution is -2.42. The van der Waals surface area contributed by atoms with Crippen molar-refractivity contribution in [2.24, 2.45) is 0 Å². The molecule has 1 aromatic rings. The number of carbonyl (C=O) groups is 1. The van der Waals surface area contributed by atoms with Crippen molar-refractivity contribution in [2.75, 3.05) is 24.1 Å². The Kier molecular flexibility index (Phi) is 4.43. The molecule has 1 amide bonds. The number of anilines is 2. The first-order valence-electron chi connectivity index (χ1n) is 6.96. The standard InChI is InChI=1S/C15H23N3O/c1-11-9-13(16)6-7-14(11)17-15(19)10-18-8-4-3-5-12(18)2/h6-7,9,12H,3-5,8,10,16H2,1-2H3,(H,17,19)/t12-/m0/s1. The van der Waals surface area contributed by atoms with Gasteiger partial charge in [0.1, 0.15) is 0 Å². The lowest BCUT2D eigenvalue weighted by molar-refractivity contribution is -0.118. The summed E-state index contributed by atoms with van der Waals surface area (Å²) in [5.74, 6) is 0.0571. The zero-order valence-electron chi connectivity index (χ0n) is 11.8. The minimum Gasteiger partial charge on any atom is -0.399 e. The number of carbonyl (C=O) groups excluding carboxylic acids is 1. The van der Waals surface area contributed by atoms with Crippen LogP contribution >= 0.6 is 0 Å². The van der Waals surface area contributed by atoms with Gasteiger partial charge in [-0.3, -0.25) is 9.69 Å². The Hall–Kier alpha value is -1.55. The highest BCUT2D eigenvalue weighted by Gasteiger charge is 2.20. The zero-order valence-corrected chi connectivity index (χ0v) is 11.8. The van der Waals surface area contributed by atoms with Gasteiger partial charge in [-0.2, -0.15) is 0 Å². The number of nitrogen functional groups attached to an aromatic ring is 1. The fourth-order valence-electron chi connectivity index (χ4n) is 2.59. The van der Waals surface area contributed by atoms with Gasteiger partial charge in [0.25, 0.3) is 0 Å². The molecule has 1 fully saturated rings. The molecule has 1 aliphatic rings. The molecule has 0 radical (unpaired) electrons. The predicted molar refractivity (Wildman–Crippen MR) is 79.1 cm³/mol. The summed E-state index contributed by atoms with van der Waals surface area (Å²) in [6.07, 6.45) is 3.66. The van der Waals surface area contributed by atoms with Crippen molar-refractivity contribution >= 4 is 17.3 Å². The summed E-state index contributed by atoms with van der Waals surface area (Å²) < 4.78 is 0. The Labute approximate surface area is 115 Å². The number of nitrogens with two attached hydrogens (primary N) is 1. The quantitative estimate of drug-likeness (QED) is 0.821. The van der Waals surface area contributed by atoms with Gasteiger partial charge in [-0.25, -0.2) is 0 Å². The van der Waals surface area contributed by atoms with Crippen LogP contribution in [0.15, 0.2) is 18.2 Å². The second-order valence-electron chi connectivity index (χ2n) is 5.44. The van der Waals surface area contributed by atoms with E-state index in [9.17, 15) is 4.79 Å². The molecule has 0 bridgehead atoms. The summed E-state index contributed by atoms with van der Waals surface area (Å²) in [6.45, 7) is 5.65. The molecule has 1 aliphatic heterocycles. The monoisotopic (exact) mass is 261 g/mol. The zero-order chi connectivity index (χ0) is 13.8. The molecular formula is C15H23N3O. The van der Waals surface area contributed by atoms with Crippen LogP contribution in [0.4, 0.5) is 11.4 Å². The van der Waals surface area contributed by atoms with Crippen LogP contribution in [0.1, 0.15) is 31.7 Å². The lowest BCUT2D eigenvalue weighted by atomic mass is 10.0. The molecule has 3 N–H and O–H groups in total. The molecular weight excluding hydrogens is 238 g/mol. The van der Waals surface area contributed by atoms with Crippen LogP contribution in [0.5, 0.6) is 0 Å². The SMILES string of the molecule is Cc1cc(N)ccc1NC(=O)CN1CCCC[C@@H]1C. The van der Waals surface area contributed by atoms with Crippen LogP contribution in [0, 0.1) is 6.92 Å². The summed E-state index contributed by atoms with van der Waals surface area (Å²) >= 11 is 0. The first-order valence-corrected chi connectivity index (χ1v) is 6.96. The molecule has 0 saturated carbocycles. The fourth-order valence-corrected chi connectivity index (χ4v) is 2.59. The molecule has 1 heterocycles. The molecule has 1 atom stereocenters. The number of piperidine rings is 1. The number of amides is 1. The van der Waals surface area contributed by atoms with E-state index in [2.05, 4.69) is 17.1 Å². The second-order valence-corrected chi connectivity index (χ2v) is 5.44. The van der Waals surface area contributed by atoms with Crippen molar-refractivity contribution in [3.63, 3.8) is 0 Å². The number of rotatable bonds is 3. The highest BCUT2D eigenvalue weighted by molar-refractivity contribution is 5.93. The first kappa shape index (κ1) is 13.9. The summed E-state index contributed by atoms with van der Waals surface area (Å²) in [7, 11) is 0. The maximum absolute atomic E-state index is 12.1. The van der Waals surface area contributed by atoms with E-state index in [1.54, 1.807) is 0 Å². The van der Waals surface area contributed by atoms with Crippen molar-refractivity contribution in [2.45, 2.75) is 39.2 Å². The van der Waals surface area contributed by atoms with Crippen molar-refractivity contribution in [1.82, 2.24) is 4.90 Å². The van der Waals surface area contributed by atoms with Crippen LogP contribution in [0.3, 0.4) is 0 Å². The molecule has 2 rings (SSSR count). The van der Waals surface area contributed by atoms with E-state index in [0.717, 1.165) is 23.5 Å². The Morgan fingerprint density at radius 3 is 2.95 bits per heavy atom. The number of nitrogens with one attached hydrogen (secondary N) is 1. The van der Waals surface area contributed by atoms with Crippen molar-refractivity contribution in [3.8, 4) is 0 Å². The van der Waals surface area contributed by atoms with Crippen molar-refractivity contribution < 1.29 is 4.79 Å².